The number of furan rings is 1. The first-order chi connectivity index (χ1) is 37.7. The van der Waals surface area contributed by atoms with Crippen molar-refractivity contribution < 1.29 is 29.1 Å². The molecular formula is C58H38N2O. The lowest BCUT2D eigenvalue weighted by Gasteiger charge is -2.27. The summed E-state index contributed by atoms with van der Waals surface area (Å²) in [6.45, 7) is 0. The Morgan fingerprint density at radius 3 is 1.67 bits per heavy atom. The molecule has 2 heterocycles. The lowest BCUT2D eigenvalue weighted by atomic mass is 9.95. The molecule has 0 saturated heterocycles. The molecule has 0 amide bonds. The van der Waals surface area contributed by atoms with Crippen LogP contribution in [0.2, 0.25) is 0 Å². The first kappa shape index (κ1) is 21.2. The van der Waals surface area contributed by atoms with E-state index in [1.54, 1.807) is 6.07 Å². The molecule has 0 unspecified atom stereocenters. The van der Waals surface area contributed by atoms with Crippen LogP contribution in [0.3, 0.4) is 0 Å². The van der Waals surface area contributed by atoms with Crippen molar-refractivity contribution in [1.29, 1.82) is 0 Å². The van der Waals surface area contributed by atoms with E-state index in [4.69, 9.17) is 18.1 Å². The molecule has 0 atom stereocenters. The number of hydrogen-bond acceptors (Lipinski definition) is 2. The molecule has 0 aliphatic carbocycles. The van der Waals surface area contributed by atoms with Gasteiger partial charge in [-0.15, -0.1) is 0 Å². The molecule has 286 valence electrons. The maximum Gasteiger partial charge on any atom is 0.138 e. The molecule has 12 aromatic rings. The highest BCUT2D eigenvalue weighted by Crippen LogP contribution is 2.47. The van der Waals surface area contributed by atoms with Crippen LogP contribution in [0.15, 0.2) is 235 Å². The Kier molecular flexibility index (Phi) is 4.97. The number of benzene rings is 10. The van der Waals surface area contributed by atoms with Gasteiger partial charge < -0.3 is 13.9 Å². The predicted molar refractivity (Wildman–Crippen MR) is 257 cm³/mol. The normalized spacial score (nSPS) is 15.7. The Morgan fingerprint density at radius 1 is 0.393 bits per heavy atom. The van der Waals surface area contributed by atoms with Gasteiger partial charge in [-0.1, -0.05) is 163 Å². The Bertz CT molecular complexity index is 4410. The molecule has 0 saturated carbocycles. The van der Waals surface area contributed by atoms with Gasteiger partial charge in [0.25, 0.3) is 0 Å². The molecule has 0 aliphatic heterocycles. The molecule has 0 N–H and O–H groups in total. The highest BCUT2D eigenvalue weighted by molar-refractivity contribution is 6.24. The van der Waals surface area contributed by atoms with E-state index < -0.39 is 142 Å². The summed E-state index contributed by atoms with van der Waals surface area (Å²) in [5.74, 6) is 0. The number of nitrogens with zero attached hydrogens (tertiary/aromatic N) is 2. The SMILES string of the molecule is [2H]c1c([2H])c([2H])c(-c2c([2H])c([2H])c(N(c3cc(-c4ccc5c6ccccc6n(-c6ccccc6)c5c4)c4c(c3)oc3ccc5ccccc5c34)c3c([2H])c([2H])c(-c4c([2H])c([2H])c([2H])c([2H])c4[2H])c([2H])c3[2H])c([2H])c2[2H])c([2H])c1[2H]. The van der Waals surface area contributed by atoms with Gasteiger partial charge >= 0.3 is 0 Å². The monoisotopic (exact) mass is 796 g/mol. The molecule has 0 radical (unpaired) electrons. The second-order valence-electron chi connectivity index (χ2n) is 14.3. The van der Waals surface area contributed by atoms with E-state index in [9.17, 15) is 11.0 Å². The van der Waals surface area contributed by atoms with Gasteiger partial charge in [-0.25, -0.2) is 0 Å². The van der Waals surface area contributed by atoms with E-state index in [1.807, 2.05) is 109 Å². The third-order valence-corrected chi connectivity index (χ3v) is 10.9. The van der Waals surface area contributed by atoms with Crippen molar-refractivity contribution in [3.8, 4) is 39.1 Å². The highest BCUT2D eigenvalue weighted by atomic mass is 16.3. The topological polar surface area (TPSA) is 21.3 Å². The number of anilines is 3. The summed E-state index contributed by atoms with van der Waals surface area (Å²) >= 11 is 0. The maximum atomic E-state index is 9.76. The average Bonchev–Trinajstić information content (AvgIpc) is 4.25. The van der Waals surface area contributed by atoms with Crippen LogP contribution >= 0.6 is 0 Å². The van der Waals surface area contributed by atoms with Crippen LogP contribution in [-0.2, 0) is 0 Å². The van der Waals surface area contributed by atoms with Gasteiger partial charge in [0.1, 0.15) is 11.2 Å². The summed E-state index contributed by atoms with van der Waals surface area (Å²) in [5.41, 5.74) is 0.501. The van der Waals surface area contributed by atoms with E-state index >= 15 is 0 Å². The fraction of sp³-hybridized carbons (Fsp3) is 0. The van der Waals surface area contributed by atoms with E-state index in [0.29, 0.717) is 27.5 Å². The lowest BCUT2D eigenvalue weighted by Crippen LogP contribution is -2.10. The fourth-order valence-electron chi connectivity index (χ4n) is 8.21. The molecule has 10 aromatic carbocycles. The van der Waals surface area contributed by atoms with Crippen molar-refractivity contribution in [2.45, 2.75) is 0 Å². The molecule has 0 aliphatic rings. The summed E-state index contributed by atoms with van der Waals surface area (Å²) < 4.78 is 171. The van der Waals surface area contributed by atoms with Crippen LogP contribution in [0.25, 0.3) is 93.6 Å². The van der Waals surface area contributed by atoms with Crippen LogP contribution in [0.4, 0.5) is 17.1 Å². The number of fused-ring (bicyclic) bond motifs is 8. The van der Waals surface area contributed by atoms with Gasteiger partial charge in [0.2, 0.25) is 0 Å². The molecule has 61 heavy (non-hydrogen) atoms. The molecule has 12 rings (SSSR count). The van der Waals surface area contributed by atoms with Gasteiger partial charge in [-0.2, -0.15) is 0 Å². The molecule has 0 bridgehead atoms. The second-order valence-corrected chi connectivity index (χ2v) is 14.3. The minimum atomic E-state index is -0.875. The number of rotatable bonds is 7. The number of hydrogen-bond donors (Lipinski definition) is 0. The van der Waals surface area contributed by atoms with Gasteiger partial charge in [-0.05, 0) is 105 Å². The van der Waals surface area contributed by atoms with Crippen molar-refractivity contribution in [3.05, 3.63) is 230 Å². The van der Waals surface area contributed by atoms with Crippen molar-refractivity contribution in [1.82, 2.24) is 4.57 Å². The predicted octanol–water partition coefficient (Wildman–Crippen LogP) is 16.3. The minimum absolute atomic E-state index is 0.0673. The minimum Gasteiger partial charge on any atom is -0.456 e. The largest absolute Gasteiger partial charge is 0.456 e. The van der Waals surface area contributed by atoms with Crippen LogP contribution in [-0.4, -0.2) is 4.57 Å². The van der Waals surface area contributed by atoms with Crippen molar-refractivity contribution in [2.75, 3.05) is 4.90 Å². The summed E-state index contributed by atoms with van der Waals surface area (Å²) in [6, 6.07) is 23.4. The quantitative estimate of drug-likeness (QED) is 0.160. The molecule has 0 spiro atoms. The van der Waals surface area contributed by atoms with Crippen molar-refractivity contribution in [3.63, 3.8) is 0 Å². The molecular weight excluding hydrogens is 741 g/mol. The van der Waals surface area contributed by atoms with Gasteiger partial charge in [0, 0.05) is 44.7 Å². The Hall–Kier alpha value is -8.14. The van der Waals surface area contributed by atoms with Crippen LogP contribution < -0.4 is 4.90 Å². The first-order valence-electron chi connectivity index (χ1n) is 28.4. The molecule has 2 aromatic heterocycles. The zero-order valence-electron chi connectivity index (χ0n) is 49.8. The van der Waals surface area contributed by atoms with Crippen LogP contribution in [0.1, 0.15) is 24.7 Å². The zero-order chi connectivity index (χ0) is 55.9. The Labute approximate surface area is 378 Å². The number of para-hydroxylation sites is 2. The first-order valence-corrected chi connectivity index (χ1v) is 19.4. The average molecular weight is 797 g/mol. The van der Waals surface area contributed by atoms with Crippen molar-refractivity contribution in [2.24, 2.45) is 0 Å². The van der Waals surface area contributed by atoms with E-state index in [2.05, 4.69) is 4.57 Å². The second kappa shape index (κ2) is 14.3. The van der Waals surface area contributed by atoms with Gasteiger partial charge in [0.15, 0.2) is 0 Å². The smallest absolute Gasteiger partial charge is 0.138 e. The summed E-state index contributed by atoms with van der Waals surface area (Å²) in [7, 11) is 0. The molecule has 0 fully saturated rings. The van der Waals surface area contributed by atoms with Gasteiger partial charge in [-0.3, -0.25) is 0 Å². The molecule has 3 nitrogen and oxygen atoms in total. The summed E-state index contributed by atoms with van der Waals surface area (Å²) in [6.07, 6.45) is 0. The Morgan fingerprint density at radius 2 is 0.984 bits per heavy atom. The third kappa shape index (κ3) is 5.90. The molecule has 3 heteroatoms. The third-order valence-electron chi connectivity index (χ3n) is 10.9. The summed E-state index contributed by atoms with van der Waals surface area (Å²) in [5, 5.41) is 4.93. The van der Waals surface area contributed by atoms with Crippen LogP contribution in [0.5, 0.6) is 0 Å². The lowest BCUT2D eigenvalue weighted by molar-refractivity contribution is 0.669. The van der Waals surface area contributed by atoms with Crippen molar-refractivity contribution >= 4 is 71.6 Å². The van der Waals surface area contributed by atoms with E-state index in [1.165, 1.54) is 6.07 Å². The summed E-state index contributed by atoms with van der Waals surface area (Å²) in [4.78, 5) is 1.02. The fourth-order valence-corrected chi connectivity index (χ4v) is 8.21. The highest BCUT2D eigenvalue weighted by Gasteiger charge is 2.22. The van der Waals surface area contributed by atoms with Crippen LogP contribution in [0, 0.1) is 0 Å². The Balaban J connectivity index is 1.23. The van der Waals surface area contributed by atoms with E-state index in [-0.39, 0.29) is 11.3 Å². The van der Waals surface area contributed by atoms with E-state index in [0.717, 1.165) is 43.2 Å². The van der Waals surface area contributed by atoms with Gasteiger partial charge in [0.05, 0.1) is 41.4 Å². The zero-order valence-corrected chi connectivity index (χ0v) is 31.8. The number of aromatic nitrogens is 1. The standard InChI is InChI=1S/C58H38N2O/c1-4-14-39(15-5-1)41-24-30-46(31-25-41)59(47-32-26-42(27-33-47)40-16-6-2-7-17-40)48-37-52(58-56(38-48)61-55-35-29-43-18-10-11-21-49(43)57(55)58)44-28-34-51-50-22-12-13-23-53(50)60(54(51)36-44)45-19-8-3-9-20-45/h1-38H/i1D,2D,4D,5D,6D,7D,14D,15D,16D,17D,24D,25D,26D,27D,30D,31D,32D,33D. The maximum absolute atomic E-state index is 9.76.